The smallest absolute Gasteiger partial charge is 0.226 e. The van der Waals surface area contributed by atoms with Gasteiger partial charge in [-0.3, -0.25) is 4.79 Å². The van der Waals surface area contributed by atoms with Crippen LogP contribution in [0.5, 0.6) is 5.75 Å². The second-order valence-electron chi connectivity index (χ2n) is 5.90. The second kappa shape index (κ2) is 9.03. The SMILES string of the molecule is CC(C)CC(=O)NC(=S)Nc1ccc(OCc2ccccc2)cc1. The molecule has 0 radical (unpaired) electrons. The Morgan fingerprint density at radius 1 is 1.08 bits per heavy atom. The van der Waals surface area contributed by atoms with E-state index in [0.29, 0.717) is 24.1 Å². The minimum absolute atomic E-state index is 0.0784. The molecule has 24 heavy (non-hydrogen) atoms. The Kier molecular flexibility index (Phi) is 6.75. The van der Waals surface area contributed by atoms with Crippen molar-refractivity contribution in [1.29, 1.82) is 0 Å². The molecule has 0 spiro atoms. The largest absolute Gasteiger partial charge is 0.489 e. The Labute approximate surface area is 148 Å². The van der Waals surface area contributed by atoms with Gasteiger partial charge in [0.1, 0.15) is 12.4 Å². The fraction of sp³-hybridized carbons (Fsp3) is 0.263. The number of anilines is 1. The molecule has 0 fully saturated rings. The van der Waals surface area contributed by atoms with Crippen molar-refractivity contribution >= 4 is 28.9 Å². The molecule has 0 aliphatic carbocycles. The van der Waals surface area contributed by atoms with Gasteiger partial charge in [0.05, 0.1) is 0 Å². The Hall–Kier alpha value is -2.40. The summed E-state index contributed by atoms with van der Waals surface area (Å²) in [7, 11) is 0. The normalized spacial score (nSPS) is 10.3. The minimum atomic E-state index is -0.0784. The molecule has 126 valence electrons. The van der Waals surface area contributed by atoms with Gasteiger partial charge in [-0.05, 0) is 48.0 Å². The van der Waals surface area contributed by atoms with Crippen LogP contribution < -0.4 is 15.4 Å². The maximum absolute atomic E-state index is 11.7. The van der Waals surface area contributed by atoms with Gasteiger partial charge in [-0.1, -0.05) is 44.2 Å². The summed E-state index contributed by atoms with van der Waals surface area (Å²) in [5.74, 6) is 0.998. The van der Waals surface area contributed by atoms with Crippen LogP contribution >= 0.6 is 12.2 Å². The number of carbonyl (C=O) groups excluding carboxylic acids is 1. The summed E-state index contributed by atoms with van der Waals surface area (Å²) < 4.78 is 5.73. The first kappa shape index (κ1) is 17.9. The molecule has 0 aromatic heterocycles. The first-order chi connectivity index (χ1) is 11.5. The molecule has 4 nitrogen and oxygen atoms in total. The van der Waals surface area contributed by atoms with Crippen LogP contribution in [0.15, 0.2) is 54.6 Å². The topological polar surface area (TPSA) is 50.4 Å². The molecule has 2 rings (SSSR count). The lowest BCUT2D eigenvalue weighted by Crippen LogP contribution is -2.34. The van der Waals surface area contributed by atoms with E-state index >= 15 is 0 Å². The van der Waals surface area contributed by atoms with Gasteiger partial charge < -0.3 is 15.4 Å². The molecule has 1 amide bonds. The highest BCUT2D eigenvalue weighted by Gasteiger charge is 2.07. The zero-order chi connectivity index (χ0) is 17.4. The quantitative estimate of drug-likeness (QED) is 0.775. The van der Waals surface area contributed by atoms with Gasteiger partial charge in [-0.15, -0.1) is 0 Å². The molecule has 2 aromatic rings. The Morgan fingerprint density at radius 3 is 2.38 bits per heavy atom. The highest BCUT2D eigenvalue weighted by Crippen LogP contribution is 2.17. The third kappa shape index (κ3) is 6.38. The van der Waals surface area contributed by atoms with Crippen LogP contribution in [0.2, 0.25) is 0 Å². The van der Waals surface area contributed by atoms with Gasteiger partial charge in [0, 0.05) is 12.1 Å². The number of nitrogens with one attached hydrogen (secondary N) is 2. The summed E-state index contributed by atoms with van der Waals surface area (Å²) in [6.07, 6.45) is 0.452. The molecule has 2 aromatic carbocycles. The minimum Gasteiger partial charge on any atom is -0.489 e. The van der Waals surface area contributed by atoms with E-state index in [0.717, 1.165) is 17.0 Å². The number of rotatable bonds is 6. The van der Waals surface area contributed by atoms with Crippen LogP contribution in [0.3, 0.4) is 0 Å². The van der Waals surface area contributed by atoms with Gasteiger partial charge >= 0.3 is 0 Å². The molecule has 0 atom stereocenters. The number of benzene rings is 2. The van der Waals surface area contributed by atoms with E-state index < -0.39 is 0 Å². The van der Waals surface area contributed by atoms with Gasteiger partial charge in [-0.25, -0.2) is 0 Å². The summed E-state index contributed by atoms with van der Waals surface area (Å²) in [6, 6.07) is 17.5. The summed E-state index contributed by atoms with van der Waals surface area (Å²) in [5, 5.41) is 5.97. The number of amides is 1. The Balaban J connectivity index is 1.81. The monoisotopic (exact) mass is 342 g/mol. The molecule has 5 heteroatoms. The van der Waals surface area contributed by atoms with E-state index in [1.165, 1.54) is 0 Å². The molecule has 0 bridgehead atoms. The van der Waals surface area contributed by atoms with E-state index in [2.05, 4.69) is 10.6 Å². The maximum atomic E-state index is 11.7. The predicted octanol–water partition coefficient (Wildman–Crippen LogP) is 4.12. The van der Waals surface area contributed by atoms with Gasteiger partial charge in [0.2, 0.25) is 5.91 Å². The van der Waals surface area contributed by atoms with Crippen molar-refractivity contribution in [1.82, 2.24) is 5.32 Å². The van der Waals surface area contributed by atoms with E-state index in [9.17, 15) is 4.79 Å². The molecule has 0 aliphatic rings. The molecule has 0 saturated carbocycles. The van der Waals surface area contributed by atoms with Crippen LogP contribution in [-0.4, -0.2) is 11.0 Å². The van der Waals surface area contributed by atoms with E-state index in [1.54, 1.807) is 0 Å². The molecule has 0 heterocycles. The van der Waals surface area contributed by atoms with Crippen LogP contribution in [0, 0.1) is 5.92 Å². The number of carbonyl (C=O) groups is 1. The highest BCUT2D eigenvalue weighted by molar-refractivity contribution is 7.80. The van der Waals surface area contributed by atoms with Gasteiger partial charge in [0.25, 0.3) is 0 Å². The molecule has 2 N–H and O–H groups in total. The van der Waals surface area contributed by atoms with Crippen LogP contribution in [0.25, 0.3) is 0 Å². The third-order valence-electron chi connectivity index (χ3n) is 3.21. The lowest BCUT2D eigenvalue weighted by atomic mass is 10.1. The van der Waals surface area contributed by atoms with E-state index in [4.69, 9.17) is 17.0 Å². The molecule has 0 aliphatic heterocycles. The predicted molar refractivity (Wildman–Crippen MR) is 101 cm³/mol. The lowest BCUT2D eigenvalue weighted by molar-refractivity contribution is -0.120. The zero-order valence-electron chi connectivity index (χ0n) is 13.9. The number of thiocarbonyl (C=S) groups is 1. The van der Waals surface area contributed by atoms with E-state index in [-0.39, 0.29) is 5.91 Å². The average Bonchev–Trinajstić information content (AvgIpc) is 2.54. The molecular formula is C19H22N2O2S. The summed E-state index contributed by atoms with van der Waals surface area (Å²) >= 11 is 5.14. The number of ether oxygens (including phenoxy) is 1. The van der Waals surface area contributed by atoms with Crippen molar-refractivity contribution < 1.29 is 9.53 Å². The molecule has 0 unspecified atom stereocenters. The van der Waals surface area contributed by atoms with Crippen LogP contribution in [0.1, 0.15) is 25.8 Å². The standard InChI is InChI=1S/C19H22N2O2S/c1-14(2)12-18(22)21-19(24)20-16-8-10-17(11-9-16)23-13-15-6-4-3-5-7-15/h3-11,14H,12-13H2,1-2H3,(H2,20,21,22,24). The Bertz CT molecular complexity index is 670. The van der Waals surface area contributed by atoms with Crippen molar-refractivity contribution in [3.63, 3.8) is 0 Å². The van der Waals surface area contributed by atoms with E-state index in [1.807, 2.05) is 68.4 Å². The average molecular weight is 342 g/mol. The van der Waals surface area contributed by atoms with Gasteiger partial charge in [0.15, 0.2) is 5.11 Å². The fourth-order valence-corrected chi connectivity index (χ4v) is 2.32. The highest BCUT2D eigenvalue weighted by atomic mass is 32.1. The summed E-state index contributed by atoms with van der Waals surface area (Å²) in [6.45, 7) is 4.51. The Morgan fingerprint density at radius 2 is 1.75 bits per heavy atom. The fourth-order valence-electron chi connectivity index (χ4n) is 2.09. The molecule has 0 saturated heterocycles. The third-order valence-corrected chi connectivity index (χ3v) is 3.41. The maximum Gasteiger partial charge on any atom is 0.226 e. The van der Waals surface area contributed by atoms with Gasteiger partial charge in [-0.2, -0.15) is 0 Å². The van der Waals surface area contributed by atoms with Crippen molar-refractivity contribution in [2.75, 3.05) is 5.32 Å². The number of hydrogen-bond donors (Lipinski definition) is 2. The zero-order valence-corrected chi connectivity index (χ0v) is 14.7. The van der Waals surface area contributed by atoms with Crippen molar-refractivity contribution in [3.8, 4) is 5.75 Å². The van der Waals surface area contributed by atoms with Crippen molar-refractivity contribution in [3.05, 3.63) is 60.2 Å². The van der Waals surface area contributed by atoms with Crippen molar-refractivity contribution in [2.45, 2.75) is 26.9 Å². The second-order valence-corrected chi connectivity index (χ2v) is 6.31. The first-order valence-electron chi connectivity index (χ1n) is 7.90. The lowest BCUT2D eigenvalue weighted by Gasteiger charge is -2.11. The first-order valence-corrected chi connectivity index (χ1v) is 8.31. The summed E-state index contributed by atoms with van der Waals surface area (Å²) in [4.78, 5) is 11.7. The van der Waals surface area contributed by atoms with Crippen LogP contribution in [-0.2, 0) is 11.4 Å². The molecular weight excluding hydrogens is 320 g/mol. The van der Waals surface area contributed by atoms with Crippen molar-refractivity contribution in [2.24, 2.45) is 5.92 Å². The summed E-state index contributed by atoms with van der Waals surface area (Å²) in [5.41, 5.74) is 1.92. The van der Waals surface area contributed by atoms with Crippen LogP contribution in [0.4, 0.5) is 5.69 Å². The number of hydrogen-bond acceptors (Lipinski definition) is 3.